The number of rotatable bonds is 5. The third-order valence-corrected chi connectivity index (χ3v) is 14.5. The smallest absolute Gasteiger partial charge is 0.164 e. The van der Waals surface area contributed by atoms with Gasteiger partial charge in [-0.05, 0) is 115 Å². The summed E-state index contributed by atoms with van der Waals surface area (Å²) < 4.78 is 13.5. The van der Waals surface area contributed by atoms with E-state index < -0.39 is 5.41 Å². The zero-order valence-corrected chi connectivity index (χ0v) is 37.0. The Morgan fingerprint density at radius 3 is 1.51 bits per heavy atom. The van der Waals surface area contributed by atoms with E-state index in [9.17, 15) is 0 Å². The minimum Gasteiger partial charge on any atom is -0.456 e. The summed E-state index contributed by atoms with van der Waals surface area (Å²) in [5.41, 5.74) is 19.9. The first-order valence-electron chi connectivity index (χ1n) is 23.4. The van der Waals surface area contributed by atoms with Crippen molar-refractivity contribution in [2.45, 2.75) is 5.41 Å². The number of aromatic nitrogens is 3. The number of nitrogens with zero attached hydrogens (tertiary/aromatic N) is 3. The highest BCUT2D eigenvalue weighted by Gasteiger charge is 2.53. The Morgan fingerprint density at radius 1 is 0.275 bits per heavy atom. The number of furan rings is 2. The molecule has 5 nitrogen and oxygen atoms in total. The first kappa shape index (κ1) is 38.0. The van der Waals surface area contributed by atoms with Crippen LogP contribution in [0.25, 0.3) is 123 Å². The number of hydrogen-bond acceptors (Lipinski definition) is 5. The number of fused-ring (bicyclic) bond motifs is 17. The fourth-order valence-electron chi connectivity index (χ4n) is 11.6. The Morgan fingerprint density at radius 2 is 0.797 bits per heavy atom. The highest BCUT2D eigenvalue weighted by Crippen LogP contribution is 2.65. The predicted octanol–water partition coefficient (Wildman–Crippen LogP) is 16.3. The van der Waals surface area contributed by atoms with Crippen LogP contribution in [0.3, 0.4) is 0 Å². The molecule has 69 heavy (non-hydrogen) atoms. The molecule has 320 valence electrons. The van der Waals surface area contributed by atoms with Crippen molar-refractivity contribution in [3.63, 3.8) is 0 Å². The maximum Gasteiger partial charge on any atom is 0.164 e. The Labute approximate surface area is 396 Å². The molecule has 0 saturated heterocycles. The summed E-state index contributed by atoms with van der Waals surface area (Å²) in [6.07, 6.45) is 0. The molecule has 0 aliphatic heterocycles. The van der Waals surface area contributed by atoms with E-state index in [1.807, 2.05) is 42.5 Å². The fourth-order valence-corrected chi connectivity index (χ4v) is 11.6. The van der Waals surface area contributed by atoms with Gasteiger partial charge in [-0.1, -0.05) is 176 Å². The van der Waals surface area contributed by atoms with Gasteiger partial charge in [-0.25, -0.2) is 15.0 Å². The van der Waals surface area contributed by atoms with E-state index in [1.54, 1.807) is 0 Å². The molecule has 0 unspecified atom stereocenters. The Balaban J connectivity index is 0.930. The van der Waals surface area contributed by atoms with Gasteiger partial charge in [0.2, 0.25) is 0 Å². The predicted molar refractivity (Wildman–Crippen MR) is 278 cm³/mol. The van der Waals surface area contributed by atoms with Gasteiger partial charge in [0, 0.05) is 38.2 Å². The van der Waals surface area contributed by atoms with Gasteiger partial charge in [-0.3, -0.25) is 0 Å². The fraction of sp³-hybridized carbons (Fsp3) is 0.0156. The van der Waals surface area contributed by atoms with E-state index in [4.69, 9.17) is 23.8 Å². The average Bonchev–Trinajstić information content (AvgIpc) is 4.15. The quantitative estimate of drug-likeness (QED) is 0.172. The normalized spacial score (nSPS) is 13.0. The van der Waals surface area contributed by atoms with Crippen LogP contribution in [0.4, 0.5) is 0 Å². The maximum absolute atomic E-state index is 6.86. The van der Waals surface area contributed by atoms with Crippen LogP contribution in [0.5, 0.6) is 0 Å². The standard InChI is InChI=1S/C64H37N3O2/c1-3-15-38(16-4-1)40-19-13-21-43(33-40)62-65-61(39-17-5-2-6-18-39)66-63(67-62)44-22-14-20-41(34-44)42-29-31-56-51(35-42)59-57(68-56)32-30-48-49-36-50-47-25-9-12-28-55(47)69-58(50)37-54(49)64(60(48)59)52-26-10-7-23-45(52)46-24-8-11-27-53(46)64/h1-37H. The molecule has 3 heterocycles. The largest absolute Gasteiger partial charge is 0.456 e. The molecule has 5 heteroatoms. The lowest BCUT2D eigenvalue weighted by Crippen LogP contribution is -2.26. The molecule has 0 saturated carbocycles. The molecule has 0 radical (unpaired) electrons. The molecular weight excluding hydrogens is 843 g/mol. The van der Waals surface area contributed by atoms with E-state index in [0.29, 0.717) is 17.5 Å². The van der Waals surface area contributed by atoms with Crippen molar-refractivity contribution in [2.24, 2.45) is 0 Å². The van der Waals surface area contributed by atoms with Gasteiger partial charge in [0.05, 0.1) is 5.41 Å². The van der Waals surface area contributed by atoms with Crippen molar-refractivity contribution < 1.29 is 8.83 Å². The van der Waals surface area contributed by atoms with E-state index in [-0.39, 0.29) is 0 Å². The molecule has 13 aromatic rings. The van der Waals surface area contributed by atoms with Crippen LogP contribution in [-0.2, 0) is 5.41 Å². The second-order valence-electron chi connectivity index (χ2n) is 18.2. The third kappa shape index (κ3) is 5.50. The first-order valence-corrected chi connectivity index (χ1v) is 23.4. The molecule has 10 aromatic carbocycles. The zero-order valence-electron chi connectivity index (χ0n) is 37.0. The van der Waals surface area contributed by atoms with Crippen LogP contribution < -0.4 is 0 Å². The van der Waals surface area contributed by atoms with Crippen LogP contribution in [0.1, 0.15) is 22.3 Å². The van der Waals surface area contributed by atoms with Gasteiger partial charge in [0.1, 0.15) is 22.3 Å². The summed E-state index contributed by atoms with van der Waals surface area (Å²) in [7, 11) is 0. The summed E-state index contributed by atoms with van der Waals surface area (Å²) in [6, 6.07) is 79.5. The monoisotopic (exact) mass is 879 g/mol. The maximum atomic E-state index is 6.86. The molecule has 3 aromatic heterocycles. The Bertz CT molecular complexity index is 4220. The molecule has 0 N–H and O–H groups in total. The van der Waals surface area contributed by atoms with Gasteiger partial charge in [0.25, 0.3) is 0 Å². The van der Waals surface area contributed by atoms with Gasteiger partial charge < -0.3 is 8.83 Å². The topological polar surface area (TPSA) is 65.0 Å². The van der Waals surface area contributed by atoms with Crippen molar-refractivity contribution in [3.8, 4) is 78.7 Å². The molecule has 2 aliphatic carbocycles. The summed E-state index contributed by atoms with van der Waals surface area (Å²) in [6.45, 7) is 0. The van der Waals surface area contributed by atoms with Gasteiger partial charge >= 0.3 is 0 Å². The molecule has 1 spiro atoms. The van der Waals surface area contributed by atoms with Crippen molar-refractivity contribution in [1.82, 2.24) is 15.0 Å². The summed E-state index contributed by atoms with van der Waals surface area (Å²) in [5.74, 6) is 1.85. The van der Waals surface area contributed by atoms with Crippen molar-refractivity contribution >= 4 is 43.9 Å². The summed E-state index contributed by atoms with van der Waals surface area (Å²) >= 11 is 0. The molecular formula is C64H37N3O2. The average molecular weight is 880 g/mol. The van der Waals surface area contributed by atoms with Gasteiger partial charge in [-0.2, -0.15) is 0 Å². The zero-order chi connectivity index (χ0) is 45.2. The van der Waals surface area contributed by atoms with Crippen LogP contribution in [0, 0.1) is 0 Å². The van der Waals surface area contributed by atoms with E-state index in [0.717, 1.165) is 82.8 Å². The van der Waals surface area contributed by atoms with Crippen molar-refractivity contribution in [1.29, 1.82) is 0 Å². The number of para-hydroxylation sites is 1. The van der Waals surface area contributed by atoms with Crippen LogP contribution >= 0.6 is 0 Å². The minimum atomic E-state index is -0.620. The number of benzene rings is 10. The van der Waals surface area contributed by atoms with E-state index in [2.05, 4.69) is 182 Å². The van der Waals surface area contributed by atoms with Crippen LogP contribution in [-0.4, -0.2) is 15.0 Å². The lowest BCUT2D eigenvalue weighted by molar-refractivity contribution is 0.666. The number of hydrogen-bond donors (Lipinski definition) is 0. The first-order chi connectivity index (χ1) is 34.2. The molecule has 0 fully saturated rings. The molecule has 15 rings (SSSR count). The van der Waals surface area contributed by atoms with Crippen molar-refractivity contribution in [2.75, 3.05) is 0 Å². The summed E-state index contributed by atoms with van der Waals surface area (Å²) in [4.78, 5) is 15.4. The molecule has 0 bridgehead atoms. The second-order valence-corrected chi connectivity index (χ2v) is 18.2. The van der Waals surface area contributed by atoms with Crippen LogP contribution in [0.15, 0.2) is 233 Å². The summed E-state index contributed by atoms with van der Waals surface area (Å²) in [5, 5.41) is 4.43. The second kappa shape index (κ2) is 14.4. The molecule has 0 atom stereocenters. The van der Waals surface area contributed by atoms with Gasteiger partial charge in [-0.15, -0.1) is 0 Å². The van der Waals surface area contributed by atoms with Gasteiger partial charge in [0.15, 0.2) is 17.5 Å². The highest BCUT2D eigenvalue weighted by molar-refractivity contribution is 6.16. The van der Waals surface area contributed by atoms with Crippen LogP contribution in [0.2, 0.25) is 0 Å². The molecule has 2 aliphatic rings. The third-order valence-electron chi connectivity index (χ3n) is 14.5. The lowest BCUT2D eigenvalue weighted by Gasteiger charge is -2.31. The van der Waals surface area contributed by atoms with Crippen molar-refractivity contribution in [3.05, 3.63) is 247 Å². The Hall–Kier alpha value is -9.19. The Kier molecular flexibility index (Phi) is 7.93. The van der Waals surface area contributed by atoms with E-state index >= 15 is 0 Å². The van der Waals surface area contributed by atoms with E-state index in [1.165, 1.54) is 44.5 Å². The highest BCUT2D eigenvalue weighted by atomic mass is 16.3. The minimum absolute atomic E-state index is 0.607. The molecule has 0 amide bonds. The SMILES string of the molecule is c1ccc(-c2cccc(-c3nc(-c4ccccc4)nc(-c4cccc(-c5ccc6oc7ccc8c(c7c6c5)C5(c6ccccc6-c6ccccc65)c5cc6oc7ccccc7c6cc5-8)c4)n3)c2)cc1. The lowest BCUT2D eigenvalue weighted by atomic mass is 9.69.